The molecular weight excluding hydrogens is 396 g/mol. The molecule has 0 aliphatic heterocycles. The van der Waals surface area contributed by atoms with E-state index in [9.17, 15) is 12.2 Å². The second-order valence-corrected chi connectivity index (χ2v) is 9.23. The first kappa shape index (κ1) is 20.3. The SMILES string of the molecule is NS(=O)(=O)c1ccc(N=Nc2ccc([As](=O)(O)O)cc2)cc1.[Na+]. The van der Waals surface area contributed by atoms with Gasteiger partial charge in [0.2, 0.25) is 0 Å². The third kappa shape index (κ3) is 5.98. The number of nitrogens with two attached hydrogens (primary N) is 1. The zero-order chi connectivity index (χ0) is 16.4. The maximum Gasteiger partial charge on any atom is 1.00 e. The van der Waals surface area contributed by atoms with Crippen LogP contribution in [0.3, 0.4) is 0 Å². The van der Waals surface area contributed by atoms with Crippen LogP contribution in [0.2, 0.25) is 0 Å². The van der Waals surface area contributed by atoms with Gasteiger partial charge in [0, 0.05) is 0 Å². The van der Waals surface area contributed by atoms with E-state index in [1.807, 2.05) is 0 Å². The Bertz CT molecular complexity index is 847. The van der Waals surface area contributed by atoms with Gasteiger partial charge < -0.3 is 0 Å². The van der Waals surface area contributed by atoms with E-state index in [1.54, 1.807) is 0 Å². The van der Waals surface area contributed by atoms with Crippen molar-refractivity contribution in [2.45, 2.75) is 4.90 Å². The standard InChI is InChI=1S/C12H12AsN3O5S.Na/c14-22(20,21)12-7-5-11(6-8-12)16-15-10-3-1-9(2-4-10)13(17,18)19;/h1-8H,(H2,14,20,21)(H2,17,18,19);/q;+1. The zero-order valence-electron chi connectivity index (χ0n) is 12.1. The molecule has 0 saturated heterocycles. The first-order valence-electron chi connectivity index (χ1n) is 5.87. The van der Waals surface area contributed by atoms with Gasteiger partial charge in [-0.05, 0) is 0 Å². The van der Waals surface area contributed by atoms with E-state index in [0.717, 1.165) is 0 Å². The van der Waals surface area contributed by atoms with Crippen molar-refractivity contribution < 1.29 is 49.9 Å². The summed E-state index contributed by atoms with van der Waals surface area (Å²) in [5, 5.41) is 12.8. The predicted molar refractivity (Wildman–Crippen MR) is 78.9 cm³/mol. The second kappa shape index (κ2) is 7.87. The Hall–Kier alpha value is -0.772. The fraction of sp³-hybridized carbons (Fsp3) is 0. The second-order valence-electron chi connectivity index (χ2n) is 4.30. The van der Waals surface area contributed by atoms with Crippen LogP contribution in [0.5, 0.6) is 0 Å². The first-order chi connectivity index (χ1) is 10.2. The van der Waals surface area contributed by atoms with Crippen LogP contribution in [0.1, 0.15) is 0 Å². The molecule has 0 heterocycles. The van der Waals surface area contributed by atoms with E-state index in [0.29, 0.717) is 11.4 Å². The number of hydrogen-bond acceptors (Lipinski definition) is 5. The van der Waals surface area contributed by atoms with Gasteiger partial charge in [-0.25, -0.2) is 0 Å². The fourth-order valence-electron chi connectivity index (χ4n) is 1.53. The molecule has 11 heteroatoms. The molecular formula is C12H12AsN3NaO5S+. The maximum atomic E-state index is 11.1. The van der Waals surface area contributed by atoms with Gasteiger partial charge >= 0.3 is 159 Å². The summed E-state index contributed by atoms with van der Waals surface area (Å²) in [6.45, 7) is 0. The minimum Gasteiger partial charge on any atom is 1.00 e. The first-order valence-corrected chi connectivity index (χ1v) is 10.8. The maximum absolute atomic E-state index is 11.1. The molecule has 0 fully saturated rings. The molecule has 0 amide bonds. The minimum atomic E-state index is -4.89. The summed E-state index contributed by atoms with van der Waals surface area (Å²) in [5.74, 6) is 0. The summed E-state index contributed by atoms with van der Waals surface area (Å²) in [7, 11) is -3.75. The molecule has 0 unspecified atom stereocenters. The van der Waals surface area contributed by atoms with Crippen molar-refractivity contribution in [1.82, 2.24) is 0 Å². The molecule has 4 N–H and O–H groups in total. The monoisotopic (exact) mass is 408 g/mol. The van der Waals surface area contributed by atoms with E-state index in [4.69, 9.17) is 13.3 Å². The molecule has 2 aromatic rings. The van der Waals surface area contributed by atoms with Crippen LogP contribution in [0, 0.1) is 0 Å². The summed E-state index contributed by atoms with van der Waals surface area (Å²) in [6.07, 6.45) is 0. The summed E-state index contributed by atoms with van der Waals surface area (Å²) in [4.78, 5) is -0.0281. The van der Waals surface area contributed by atoms with E-state index in [-0.39, 0.29) is 38.8 Å². The zero-order valence-corrected chi connectivity index (χ0v) is 16.8. The van der Waals surface area contributed by atoms with Gasteiger partial charge in [0.05, 0.1) is 0 Å². The molecule has 116 valence electrons. The summed E-state index contributed by atoms with van der Waals surface area (Å²) in [6, 6.07) is 10.9. The number of rotatable bonds is 4. The number of nitrogens with zero attached hydrogens (tertiary/aromatic N) is 2. The number of azo groups is 1. The predicted octanol–water partition coefficient (Wildman–Crippen LogP) is -2.69. The molecule has 0 spiro atoms. The van der Waals surface area contributed by atoms with Crippen molar-refractivity contribution in [2.24, 2.45) is 15.4 Å². The van der Waals surface area contributed by atoms with Gasteiger partial charge in [0.1, 0.15) is 0 Å². The quantitative estimate of drug-likeness (QED) is 0.373. The number of primary sulfonamides is 1. The van der Waals surface area contributed by atoms with E-state index >= 15 is 0 Å². The van der Waals surface area contributed by atoms with Gasteiger partial charge in [-0.15, -0.1) is 0 Å². The van der Waals surface area contributed by atoms with Crippen LogP contribution in [0.15, 0.2) is 63.7 Å². The Balaban J connectivity index is 0.00000264. The third-order valence-corrected chi connectivity index (χ3v) is 5.60. The van der Waals surface area contributed by atoms with E-state index in [1.165, 1.54) is 48.5 Å². The molecule has 0 bridgehead atoms. The normalized spacial score (nSPS) is 12.1. The molecule has 0 aliphatic rings. The smallest absolute Gasteiger partial charge is 1.00 e. The molecule has 0 aromatic heterocycles. The Morgan fingerprint density at radius 3 is 1.61 bits per heavy atom. The number of hydrogen-bond donors (Lipinski definition) is 3. The van der Waals surface area contributed by atoms with Gasteiger partial charge in [-0.3, -0.25) is 0 Å². The Morgan fingerprint density at radius 2 is 1.26 bits per heavy atom. The Labute approximate surface area is 157 Å². The number of sulfonamides is 1. The largest absolute Gasteiger partial charge is 1.00 e. The molecule has 2 aromatic carbocycles. The van der Waals surface area contributed by atoms with Crippen LogP contribution < -0.4 is 39.0 Å². The molecule has 2 rings (SSSR count). The summed E-state index contributed by atoms with van der Waals surface area (Å²) in [5.41, 5.74) is 0.818. The topological polar surface area (TPSA) is 142 Å². The molecule has 0 radical (unpaired) electrons. The van der Waals surface area contributed by atoms with Gasteiger partial charge in [-0.1, -0.05) is 0 Å². The van der Waals surface area contributed by atoms with Crippen molar-refractivity contribution in [3.8, 4) is 0 Å². The molecule has 0 saturated carbocycles. The van der Waals surface area contributed by atoms with Gasteiger partial charge in [0.15, 0.2) is 0 Å². The third-order valence-electron chi connectivity index (χ3n) is 2.63. The van der Waals surface area contributed by atoms with Crippen LogP contribution >= 0.6 is 0 Å². The van der Waals surface area contributed by atoms with Crippen LogP contribution in [0.25, 0.3) is 0 Å². The van der Waals surface area contributed by atoms with E-state index < -0.39 is 24.2 Å². The van der Waals surface area contributed by atoms with Crippen LogP contribution in [-0.2, 0) is 13.8 Å². The average Bonchev–Trinajstić information content (AvgIpc) is 2.44. The van der Waals surface area contributed by atoms with Gasteiger partial charge in [0.25, 0.3) is 0 Å². The minimum absolute atomic E-state index is 0. The van der Waals surface area contributed by atoms with Crippen LogP contribution in [-0.4, -0.2) is 30.8 Å². The Morgan fingerprint density at radius 1 is 0.870 bits per heavy atom. The molecule has 23 heavy (non-hydrogen) atoms. The molecule has 8 nitrogen and oxygen atoms in total. The summed E-state index contributed by atoms with van der Waals surface area (Å²) < 4.78 is 51.3. The van der Waals surface area contributed by atoms with Crippen molar-refractivity contribution >= 4 is 39.9 Å². The Kier molecular flexibility index (Phi) is 6.93. The number of benzene rings is 2. The van der Waals surface area contributed by atoms with Crippen molar-refractivity contribution in [3.63, 3.8) is 0 Å². The summed E-state index contributed by atoms with van der Waals surface area (Å²) >= 11 is -4.89. The fourth-order valence-corrected chi connectivity index (χ4v) is 3.17. The molecule has 0 aliphatic carbocycles. The van der Waals surface area contributed by atoms with E-state index in [2.05, 4.69) is 10.2 Å². The van der Waals surface area contributed by atoms with Crippen molar-refractivity contribution in [1.29, 1.82) is 0 Å². The van der Waals surface area contributed by atoms with Crippen molar-refractivity contribution in [3.05, 3.63) is 48.5 Å². The average molecular weight is 408 g/mol. The molecule has 0 atom stereocenters. The van der Waals surface area contributed by atoms with Crippen LogP contribution in [0.4, 0.5) is 11.4 Å². The van der Waals surface area contributed by atoms with Crippen molar-refractivity contribution in [2.75, 3.05) is 0 Å². The van der Waals surface area contributed by atoms with Gasteiger partial charge in [-0.2, -0.15) is 0 Å².